The molecule has 0 unspecified atom stereocenters. The van der Waals surface area contributed by atoms with E-state index in [4.69, 9.17) is 14.0 Å². The van der Waals surface area contributed by atoms with Gasteiger partial charge < -0.3 is 24.2 Å². The molecule has 0 aromatic carbocycles. The molecule has 2 amide bonds. The van der Waals surface area contributed by atoms with Crippen LogP contribution in [0.1, 0.15) is 51.2 Å². The maximum atomic E-state index is 13.1. The largest absolute Gasteiger partial charge is 0.452 e. The molecule has 0 bridgehead atoms. The summed E-state index contributed by atoms with van der Waals surface area (Å²) >= 11 is 0. The smallest absolute Gasteiger partial charge is 0.313 e. The molecule has 1 N–H and O–H groups in total. The van der Waals surface area contributed by atoms with E-state index in [-0.39, 0.29) is 18.1 Å². The van der Waals surface area contributed by atoms with Gasteiger partial charge in [0.1, 0.15) is 5.76 Å². The molecule has 0 radical (unpaired) electrons. The van der Waals surface area contributed by atoms with Gasteiger partial charge >= 0.3 is 5.97 Å². The quantitative estimate of drug-likeness (QED) is 0.689. The summed E-state index contributed by atoms with van der Waals surface area (Å²) < 4.78 is 15.8. The molecule has 3 rings (SSSR count). The molecule has 1 aromatic rings. The number of nitrogens with one attached hydrogen (secondary N) is 1. The third-order valence-electron chi connectivity index (χ3n) is 5.64. The number of aryl methyl sites for hydroxylation is 1. The lowest BCUT2D eigenvalue weighted by molar-refractivity contribution is -0.167. The molecular formula is C20H29N3O6. The highest BCUT2D eigenvalue weighted by Crippen LogP contribution is 2.43. The minimum absolute atomic E-state index is 0.0530. The van der Waals surface area contributed by atoms with Crippen molar-refractivity contribution in [3.8, 4) is 0 Å². The van der Waals surface area contributed by atoms with E-state index in [2.05, 4.69) is 10.5 Å². The molecule has 1 aromatic heterocycles. The number of morpholine rings is 1. The lowest BCUT2D eigenvalue weighted by Crippen LogP contribution is -2.45. The molecule has 0 spiro atoms. The van der Waals surface area contributed by atoms with Crippen molar-refractivity contribution in [1.29, 1.82) is 0 Å². The lowest BCUT2D eigenvalue weighted by atomic mass is 9.82. The van der Waals surface area contributed by atoms with Crippen molar-refractivity contribution in [2.24, 2.45) is 5.41 Å². The Labute approximate surface area is 170 Å². The Bertz CT molecular complexity index is 734. The van der Waals surface area contributed by atoms with Gasteiger partial charge in [-0.3, -0.25) is 14.4 Å². The normalized spacial score (nSPS) is 19.6. The minimum atomic E-state index is -0.949. The van der Waals surface area contributed by atoms with Crippen LogP contribution in [0.15, 0.2) is 10.6 Å². The number of amides is 2. The third kappa shape index (κ3) is 5.14. The second-order valence-electron chi connectivity index (χ2n) is 7.77. The third-order valence-corrected chi connectivity index (χ3v) is 5.64. The first kappa shape index (κ1) is 21.3. The molecule has 1 saturated heterocycles. The second-order valence-corrected chi connectivity index (χ2v) is 7.77. The minimum Gasteiger partial charge on any atom is -0.452 e. The number of hydrogen-bond donors (Lipinski definition) is 1. The van der Waals surface area contributed by atoms with E-state index < -0.39 is 23.4 Å². The van der Waals surface area contributed by atoms with Gasteiger partial charge in [0.2, 0.25) is 5.91 Å². The van der Waals surface area contributed by atoms with Gasteiger partial charge in [0.15, 0.2) is 11.9 Å². The fraction of sp³-hybridized carbons (Fsp3) is 0.700. The Hall–Kier alpha value is -2.42. The Morgan fingerprint density at radius 2 is 1.97 bits per heavy atom. The summed E-state index contributed by atoms with van der Waals surface area (Å²) in [5.74, 6) is -0.128. The summed E-state index contributed by atoms with van der Waals surface area (Å²) in [6.45, 7) is 5.61. The molecule has 29 heavy (non-hydrogen) atoms. The maximum absolute atomic E-state index is 13.1. The number of anilines is 1. The predicted molar refractivity (Wildman–Crippen MR) is 103 cm³/mol. The van der Waals surface area contributed by atoms with Crippen LogP contribution >= 0.6 is 0 Å². The molecule has 9 heteroatoms. The SMILES string of the molecule is CC[C@@H](OC(=O)C1(CC(=O)N2CCOCC2)CCCC1)C(=O)Nc1cc(C)on1. The fourth-order valence-corrected chi connectivity index (χ4v) is 3.93. The summed E-state index contributed by atoms with van der Waals surface area (Å²) in [5, 5.41) is 6.33. The van der Waals surface area contributed by atoms with Crippen LogP contribution in [0, 0.1) is 12.3 Å². The van der Waals surface area contributed by atoms with Gasteiger partial charge in [-0.2, -0.15) is 0 Å². The van der Waals surface area contributed by atoms with E-state index in [0.717, 1.165) is 12.8 Å². The zero-order chi connectivity index (χ0) is 20.9. The number of esters is 1. The number of rotatable bonds is 7. The van der Waals surface area contributed by atoms with Crippen LogP contribution < -0.4 is 5.32 Å². The van der Waals surface area contributed by atoms with Crippen LogP contribution in [-0.2, 0) is 23.9 Å². The van der Waals surface area contributed by atoms with Crippen LogP contribution in [0.5, 0.6) is 0 Å². The maximum Gasteiger partial charge on any atom is 0.313 e. The average Bonchev–Trinajstić information content (AvgIpc) is 3.36. The molecule has 2 fully saturated rings. The van der Waals surface area contributed by atoms with Crippen molar-refractivity contribution >= 4 is 23.6 Å². The lowest BCUT2D eigenvalue weighted by Gasteiger charge is -2.32. The molecule has 1 aliphatic carbocycles. The van der Waals surface area contributed by atoms with E-state index in [0.29, 0.717) is 51.3 Å². The molecule has 9 nitrogen and oxygen atoms in total. The van der Waals surface area contributed by atoms with Crippen molar-refractivity contribution in [2.75, 3.05) is 31.6 Å². The van der Waals surface area contributed by atoms with Crippen molar-refractivity contribution in [3.05, 3.63) is 11.8 Å². The van der Waals surface area contributed by atoms with Gasteiger partial charge in [0.25, 0.3) is 5.91 Å². The highest BCUT2D eigenvalue weighted by Gasteiger charge is 2.46. The van der Waals surface area contributed by atoms with E-state index in [1.807, 2.05) is 0 Å². The summed E-state index contributed by atoms with van der Waals surface area (Å²) in [4.78, 5) is 40.1. The van der Waals surface area contributed by atoms with E-state index in [1.165, 1.54) is 0 Å². The van der Waals surface area contributed by atoms with E-state index >= 15 is 0 Å². The summed E-state index contributed by atoms with van der Waals surface area (Å²) in [5.41, 5.74) is -0.854. The molecule has 2 heterocycles. The number of aromatic nitrogens is 1. The molecule has 1 saturated carbocycles. The van der Waals surface area contributed by atoms with Crippen LogP contribution in [0.2, 0.25) is 0 Å². The Kier molecular flexibility index (Phi) is 6.89. The highest BCUT2D eigenvalue weighted by molar-refractivity contribution is 5.95. The topological polar surface area (TPSA) is 111 Å². The molecule has 160 valence electrons. The first-order chi connectivity index (χ1) is 13.9. The Morgan fingerprint density at radius 3 is 2.55 bits per heavy atom. The second kappa shape index (κ2) is 9.39. The summed E-state index contributed by atoms with van der Waals surface area (Å²) in [6.07, 6.45) is 2.42. The zero-order valence-electron chi connectivity index (χ0n) is 17.1. The van der Waals surface area contributed by atoms with Gasteiger partial charge in [0, 0.05) is 25.6 Å². The number of hydrogen-bond acceptors (Lipinski definition) is 7. The number of carbonyl (C=O) groups excluding carboxylic acids is 3. The number of carbonyl (C=O) groups is 3. The standard InChI is InChI=1S/C20H29N3O6/c1-3-15(18(25)21-16-12-14(2)29-22-16)28-19(26)20(6-4-5-7-20)13-17(24)23-8-10-27-11-9-23/h12,15H,3-11,13H2,1-2H3,(H,21,22,25)/t15-/m1/s1. The monoisotopic (exact) mass is 407 g/mol. The first-order valence-corrected chi connectivity index (χ1v) is 10.2. The average molecular weight is 407 g/mol. The van der Waals surface area contributed by atoms with Crippen molar-refractivity contribution in [3.63, 3.8) is 0 Å². The molecular weight excluding hydrogens is 378 g/mol. The van der Waals surface area contributed by atoms with Gasteiger partial charge in [-0.25, -0.2) is 0 Å². The zero-order valence-corrected chi connectivity index (χ0v) is 17.1. The van der Waals surface area contributed by atoms with Crippen LogP contribution in [-0.4, -0.2) is 60.2 Å². The van der Waals surface area contributed by atoms with Gasteiger partial charge in [-0.1, -0.05) is 24.9 Å². The van der Waals surface area contributed by atoms with Crippen LogP contribution in [0.25, 0.3) is 0 Å². The predicted octanol–water partition coefficient (Wildman–Crippen LogP) is 2.05. The van der Waals surface area contributed by atoms with Crippen molar-refractivity contribution < 1.29 is 28.4 Å². The first-order valence-electron chi connectivity index (χ1n) is 10.2. The molecule has 1 atom stereocenters. The Morgan fingerprint density at radius 1 is 1.28 bits per heavy atom. The van der Waals surface area contributed by atoms with Gasteiger partial charge in [0.05, 0.1) is 18.6 Å². The fourth-order valence-electron chi connectivity index (χ4n) is 3.93. The van der Waals surface area contributed by atoms with Gasteiger partial charge in [-0.05, 0) is 26.2 Å². The Balaban J connectivity index is 1.64. The van der Waals surface area contributed by atoms with Crippen LogP contribution in [0.4, 0.5) is 5.82 Å². The molecule has 1 aliphatic heterocycles. The van der Waals surface area contributed by atoms with Crippen molar-refractivity contribution in [1.82, 2.24) is 10.1 Å². The van der Waals surface area contributed by atoms with Crippen LogP contribution in [0.3, 0.4) is 0 Å². The van der Waals surface area contributed by atoms with Gasteiger partial charge in [-0.15, -0.1) is 0 Å². The number of nitrogens with zero attached hydrogens (tertiary/aromatic N) is 2. The van der Waals surface area contributed by atoms with E-state index in [9.17, 15) is 14.4 Å². The molecule has 2 aliphatic rings. The van der Waals surface area contributed by atoms with Crippen molar-refractivity contribution in [2.45, 2.75) is 58.5 Å². The van der Waals surface area contributed by atoms with E-state index in [1.54, 1.807) is 24.8 Å². The summed E-state index contributed by atoms with van der Waals surface area (Å²) in [7, 11) is 0. The number of ether oxygens (including phenoxy) is 2. The highest BCUT2D eigenvalue weighted by atomic mass is 16.5. The summed E-state index contributed by atoms with van der Waals surface area (Å²) in [6, 6.07) is 1.59.